The van der Waals surface area contributed by atoms with Crippen molar-refractivity contribution in [1.82, 2.24) is 14.5 Å². The minimum absolute atomic E-state index is 0.0839. The highest BCUT2D eigenvalue weighted by atomic mass is 32.2. The monoisotopic (exact) mass is 466 g/mol. The molecule has 1 amide bonds. The van der Waals surface area contributed by atoms with Gasteiger partial charge in [0.2, 0.25) is 5.91 Å². The van der Waals surface area contributed by atoms with Gasteiger partial charge in [-0.05, 0) is 12.1 Å². The highest BCUT2D eigenvalue weighted by Gasteiger charge is 2.17. The van der Waals surface area contributed by atoms with Crippen LogP contribution in [0.1, 0.15) is 0 Å². The van der Waals surface area contributed by atoms with Crippen LogP contribution < -0.4 is 20.3 Å². The molecule has 0 aliphatic carbocycles. The molecule has 10 heteroatoms. The van der Waals surface area contributed by atoms with E-state index in [-0.39, 0.29) is 17.2 Å². The molecule has 0 fully saturated rings. The number of ether oxygens (including phenoxy) is 2. The summed E-state index contributed by atoms with van der Waals surface area (Å²) in [4.78, 5) is 34.4. The van der Waals surface area contributed by atoms with Gasteiger partial charge in [0.05, 0.1) is 26.9 Å². The number of aromatic nitrogens is 3. The van der Waals surface area contributed by atoms with Gasteiger partial charge < -0.3 is 14.8 Å². The summed E-state index contributed by atoms with van der Waals surface area (Å²) >= 11 is 2.56. The third kappa shape index (κ3) is 3.94. The number of carbonyl (C=O) groups excluding carboxylic acids is 1. The van der Waals surface area contributed by atoms with E-state index in [1.807, 2.05) is 18.2 Å². The fourth-order valence-electron chi connectivity index (χ4n) is 3.35. The zero-order chi connectivity index (χ0) is 22.1. The Bertz CT molecular complexity index is 1370. The number of thiazole rings is 1. The van der Waals surface area contributed by atoms with Crippen LogP contribution in [-0.4, -0.2) is 39.4 Å². The number of anilines is 1. The molecule has 0 bridgehead atoms. The van der Waals surface area contributed by atoms with Crippen molar-refractivity contribution < 1.29 is 14.3 Å². The number of fused-ring (bicyclic) bond motifs is 3. The van der Waals surface area contributed by atoms with Gasteiger partial charge in [-0.15, -0.1) is 6.58 Å². The average Bonchev–Trinajstić information content (AvgIpc) is 3.19. The van der Waals surface area contributed by atoms with Gasteiger partial charge in [0.15, 0.2) is 21.8 Å². The van der Waals surface area contributed by atoms with E-state index >= 15 is 0 Å². The van der Waals surface area contributed by atoms with Crippen LogP contribution in [-0.2, 0) is 11.3 Å². The molecule has 1 N–H and O–H groups in total. The summed E-state index contributed by atoms with van der Waals surface area (Å²) in [5, 5.41) is 4.32. The highest BCUT2D eigenvalue weighted by Crippen LogP contribution is 2.37. The number of thioether (sulfide) groups is 1. The second kappa shape index (κ2) is 8.64. The second-order valence-electron chi connectivity index (χ2n) is 6.94. The van der Waals surface area contributed by atoms with Crippen molar-refractivity contribution >= 4 is 55.3 Å². The van der Waals surface area contributed by atoms with Crippen LogP contribution in [0.5, 0.6) is 11.5 Å². The molecule has 0 unspecified atom stereocenters. The number of hydrogen-bond acceptors (Lipinski definition) is 8. The third-order valence-electron chi connectivity index (χ3n) is 4.77. The fraction of sp³-hybridized carbons (Fsp3) is 0.182. The molecule has 8 nitrogen and oxygen atoms in total. The van der Waals surface area contributed by atoms with Gasteiger partial charge in [0.1, 0.15) is 13.2 Å². The molecule has 5 rings (SSSR count). The summed E-state index contributed by atoms with van der Waals surface area (Å²) in [7, 11) is 0. The van der Waals surface area contributed by atoms with Crippen molar-refractivity contribution in [2.45, 2.75) is 11.7 Å². The quantitative estimate of drug-likeness (QED) is 0.263. The van der Waals surface area contributed by atoms with Gasteiger partial charge in [0.25, 0.3) is 5.56 Å². The first-order chi connectivity index (χ1) is 15.6. The number of hydrogen-bond donors (Lipinski definition) is 1. The standard InChI is InChI=1S/C22H18N4O4S2/c1-2-7-26-20(28)13-5-3-4-6-14(13)24-22(26)31-12-19(27)25-21-23-15-10-16-17(11-18(15)32-21)30-9-8-29-16/h2-6,10-11H,1,7-9,12H2,(H,23,25,27). The molecule has 0 spiro atoms. The van der Waals surface area contributed by atoms with Crippen LogP contribution in [0.25, 0.3) is 21.1 Å². The maximum Gasteiger partial charge on any atom is 0.262 e. The summed E-state index contributed by atoms with van der Waals surface area (Å²) in [6, 6.07) is 10.8. The lowest BCUT2D eigenvalue weighted by atomic mass is 10.2. The fourth-order valence-corrected chi connectivity index (χ4v) is 5.05. The molecular weight excluding hydrogens is 448 g/mol. The molecule has 0 atom stereocenters. The first-order valence-electron chi connectivity index (χ1n) is 9.85. The van der Waals surface area contributed by atoms with Crippen LogP contribution in [0.3, 0.4) is 0 Å². The van der Waals surface area contributed by atoms with E-state index in [0.717, 1.165) is 10.2 Å². The van der Waals surface area contributed by atoms with Crippen LogP contribution in [0.4, 0.5) is 5.13 Å². The maximum absolute atomic E-state index is 12.8. The SMILES string of the molecule is C=CCn1c(SCC(=O)Nc2nc3cc4c(cc3s2)OCCO4)nc2ccccc2c1=O. The molecule has 1 aliphatic heterocycles. The Kier molecular flexibility index (Phi) is 5.54. The van der Waals surface area contributed by atoms with E-state index in [4.69, 9.17) is 9.47 Å². The number of benzene rings is 2. The number of amides is 1. The van der Waals surface area contributed by atoms with Gasteiger partial charge in [0, 0.05) is 18.7 Å². The Hall–Kier alpha value is -3.37. The van der Waals surface area contributed by atoms with Gasteiger partial charge in [-0.1, -0.05) is 41.3 Å². The van der Waals surface area contributed by atoms with E-state index < -0.39 is 0 Å². The van der Waals surface area contributed by atoms with E-state index in [1.165, 1.54) is 27.7 Å². The third-order valence-corrected chi connectivity index (χ3v) is 6.68. The van der Waals surface area contributed by atoms with Crippen LogP contribution in [0.2, 0.25) is 0 Å². The number of rotatable bonds is 6. The largest absolute Gasteiger partial charge is 0.486 e. The molecule has 2 aromatic carbocycles. The molecule has 0 saturated carbocycles. The molecule has 32 heavy (non-hydrogen) atoms. The molecule has 2 aromatic heterocycles. The lowest BCUT2D eigenvalue weighted by Crippen LogP contribution is -2.23. The predicted octanol–water partition coefficient (Wildman–Crippen LogP) is 3.69. The zero-order valence-electron chi connectivity index (χ0n) is 16.9. The van der Waals surface area contributed by atoms with Crippen molar-refractivity contribution in [3.8, 4) is 11.5 Å². The Morgan fingerprint density at radius 1 is 1.19 bits per heavy atom. The summed E-state index contributed by atoms with van der Waals surface area (Å²) in [6.45, 7) is 5.05. The second-order valence-corrected chi connectivity index (χ2v) is 8.91. The smallest absolute Gasteiger partial charge is 0.262 e. The summed E-state index contributed by atoms with van der Waals surface area (Å²) in [5.41, 5.74) is 1.18. The van der Waals surface area contributed by atoms with Gasteiger partial charge in [-0.2, -0.15) is 0 Å². The molecule has 1 aliphatic rings. The van der Waals surface area contributed by atoms with E-state index in [9.17, 15) is 9.59 Å². The first kappa shape index (κ1) is 20.5. The summed E-state index contributed by atoms with van der Waals surface area (Å²) < 4.78 is 13.6. The summed E-state index contributed by atoms with van der Waals surface area (Å²) in [6.07, 6.45) is 1.64. The van der Waals surface area contributed by atoms with Crippen LogP contribution in [0.15, 0.2) is 59.0 Å². The number of allylic oxidation sites excluding steroid dienone is 1. The molecular formula is C22H18N4O4S2. The van der Waals surface area contributed by atoms with Gasteiger partial charge >= 0.3 is 0 Å². The van der Waals surface area contributed by atoms with E-state index in [1.54, 1.807) is 24.3 Å². The molecule has 3 heterocycles. The minimum Gasteiger partial charge on any atom is -0.486 e. The lowest BCUT2D eigenvalue weighted by Gasteiger charge is -2.17. The lowest BCUT2D eigenvalue weighted by molar-refractivity contribution is -0.113. The minimum atomic E-state index is -0.237. The van der Waals surface area contributed by atoms with Crippen molar-refractivity contribution in [1.29, 1.82) is 0 Å². The van der Waals surface area contributed by atoms with E-state index in [2.05, 4.69) is 21.9 Å². The average molecular weight is 467 g/mol. The molecule has 162 valence electrons. The predicted molar refractivity (Wildman–Crippen MR) is 126 cm³/mol. The van der Waals surface area contributed by atoms with Crippen LogP contribution >= 0.6 is 23.1 Å². The molecule has 4 aromatic rings. The van der Waals surface area contributed by atoms with Crippen molar-refractivity contribution in [2.75, 3.05) is 24.3 Å². The first-order valence-corrected chi connectivity index (χ1v) is 11.7. The Morgan fingerprint density at radius 3 is 2.78 bits per heavy atom. The van der Waals surface area contributed by atoms with Gasteiger partial charge in [-0.25, -0.2) is 9.97 Å². The summed E-state index contributed by atoms with van der Waals surface area (Å²) in [5.74, 6) is 1.19. The Balaban J connectivity index is 1.34. The highest BCUT2D eigenvalue weighted by molar-refractivity contribution is 7.99. The maximum atomic E-state index is 12.8. The Morgan fingerprint density at radius 2 is 1.97 bits per heavy atom. The van der Waals surface area contributed by atoms with Gasteiger partial charge in [-0.3, -0.25) is 14.2 Å². The van der Waals surface area contributed by atoms with Crippen molar-refractivity contribution in [3.63, 3.8) is 0 Å². The van der Waals surface area contributed by atoms with Crippen molar-refractivity contribution in [3.05, 3.63) is 59.4 Å². The topological polar surface area (TPSA) is 95.3 Å². The Labute approximate surface area is 190 Å². The number of para-hydroxylation sites is 1. The normalized spacial score (nSPS) is 12.8. The number of nitrogens with zero attached hydrogens (tertiary/aromatic N) is 3. The zero-order valence-corrected chi connectivity index (χ0v) is 18.5. The molecule has 0 radical (unpaired) electrons. The molecule has 0 saturated heterocycles. The number of carbonyl (C=O) groups is 1. The van der Waals surface area contributed by atoms with Crippen molar-refractivity contribution in [2.24, 2.45) is 0 Å². The number of nitrogens with one attached hydrogen (secondary N) is 1. The van der Waals surface area contributed by atoms with E-state index in [0.29, 0.717) is 52.4 Å². The van der Waals surface area contributed by atoms with Crippen LogP contribution in [0, 0.1) is 0 Å².